The molecule has 0 N–H and O–H groups in total. The Morgan fingerprint density at radius 2 is 2.60 bits per heavy atom. The molecule has 0 bridgehead atoms. The van der Waals surface area contributed by atoms with Crippen molar-refractivity contribution in [3.63, 3.8) is 0 Å². The number of carbonyl (C=O) groups excluding carboxylic acids is 1. The standard InChI is InChI=1S/C6H10O3S/c1-5(7)9-6-4-8-2-3-10-6/h6H,2-4H2,1H3. The largest absolute Gasteiger partial charge is 0.449 e. The third-order valence-corrected chi connectivity index (χ3v) is 2.09. The molecule has 1 unspecified atom stereocenters. The van der Waals surface area contributed by atoms with Crippen molar-refractivity contribution >= 4 is 17.7 Å². The van der Waals surface area contributed by atoms with Gasteiger partial charge in [0.25, 0.3) is 0 Å². The third kappa shape index (κ3) is 2.58. The van der Waals surface area contributed by atoms with E-state index in [1.165, 1.54) is 6.92 Å². The molecule has 0 radical (unpaired) electrons. The molecular weight excluding hydrogens is 152 g/mol. The van der Waals surface area contributed by atoms with Crippen LogP contribution >= 0.6 is 11.8 Å². The Bertz CT molecular complexity index is 120. The first-order valence-corrected chi connectivity index (χ1v) is 4.20. The minimum absolute atomic E-state index is 0.0775. The van der Waals surface area contributed by atoms with E-state index in [1.54, 1.807) is 11.8 Å². The van der Waals surface area contributed by atoms with Gasteiger partial charge in [0.15, 0.2) is 5.44 Å². The van der Waals surface area contributed by atoms with Crippen molar-refractivity contribution in [3.8, 4) is 0 Å². The van der Waals surface area contributed by atoms with Gasteiger partial charge in [0, 0.05) is 12.7 Å². The highest BCUT2D eigenvalue weighted by molar-refractivity contribution is 7.99. The van der Waals surface area contributed by atoms with Crippen LogP contribution in [0.15, 0.2) is 0 Å². The highest BCUT2D eigenvalue weighted by atomic mass is 32.2. The number of hydrogen-bond acceptors (Lipinski definition) is 4. The molecule has 1 rings (SSSR count). The summed E-state index contributed by atoms with van der Waals surface area (Å²) >= 11 is 1.62. The van der Waals surface area contributed by atoms with E-state index in [-0.39, 0.29) is 11.4 Å². The molecule has 1 aliphatic heterocycles. The molecule has 1 heterocycles. The maximum Gasteiger partial charge on any atom is 0.303 e. The SMILES string of the molecule is CC(=O)OC1COCCS1. The summed E-state index contributed by atoms with van der Waals surface area (Å²) in [6.45, 7) is 2.71. The molecule has 0 aliphatic carbocycles. The van der Waals surface area contributed by atoms with Crippen molar-refractivity contribution in [3.05, 3.63) is 0 Å². The smallest absolute Gasteiger partial charge is 0.303 e. The molecule has 1 fully saturated rings. The predicted molar refractivity (Wildman–Crippen MR) is 38.8 cm³/mol. The van der Waals surface area contributed by atoms with Crippen LogP contribution in [0.2, 0.25) is 0 Å². The Hall–Kier alpha value is -0.220. The maximum absolute atomic E-state index is 10.4. The quantitative estimate of drug-likeness (QED) is 0.530. The van der Waals surface area contributed by atoms with E-state index < -0.39 is 0 Å². The van der Waals surface area contributed by atoms with Crippen LogP contribution in [0, 0.1) is 0 Å². The average molecular weight is 162 g/mol. The van der Waals surface area contributed by atoms with Crippen molar-refractivity contribution in [1.29, 1.82) is 0 Å². The van der Waals surface area contributed by atoms with Gasteiger partial charge in [-0.3, -0.25) is 4.79 Å². The van der Waals surface area contributed by atoms with Gasteiger partial charge < -0.3 is 9.47 Å². The summed E-state index contributed by atoms with van der Waals surface area (Å²) in [5.74, 6) is 0.681. The Labute approximate surface area is 64.1 Å². The number of rotatable bonds is 1. The number of carbonyl (C=O) groups is 1. The van der Waals surface area contributed by atoms with E-state index in [9.17, 15) is 4.79 Å². The summed E-state index contributed by atoms with van der Waals surface area (Å²) in [5.41, 5.74) is -0.0775. The second kappa shape index (κ2) is 3.83. The van der Waals surface area contributed by atoms with Crippen LogP contribution in [0.3, 0.4) is 0 Å². The highest BCUT2D eigenvalue weighted by Gasteiger charge is 2.16. The fourth-order valence-corrected chi connectivity index (χ4v) is 1.59. The van der Waals surface area contributed by atoms with Gasteiger partial charge in [0.05, 0.1) is 13.2 Å². The van der Waals surface area contributed by atoms with Crippen molar-refractivity contribution in [1.82, 2.24) is 0 Å². The fourth-order valence-electron chi connectivity index (χ4n) is 0.719. The minimum Gasteiger partial charge on any atom is -0.449 e. The Kier molecular flexibility index (Phi) is 3.02. The monoisotopic (exact) mass is 162 g/mol. The van der Waals surface area contributed by atoms with Gasteiger partial charge in [-0.1, -0.05) is 0 Å². The second-order valence-electron chi connectivity index (χ2n) is 1.98. The lowest BCUT2D eigenvalue weighted by Crippen LogP contribution is -2.24. The van der Waals surface area contributed by atoms with Gasteiger partial charge in [-0.25, -0.2) is 0 Å². The normalized spacial score (nSPS) is 25.9. The molecule has 0 saturated carbocycles. The Morgan fingerprint density at radius 1 is 1.80 bits per heavy atom. The van der Waals surface area contributed by atoms with Crippen molar-refractivity contribution in [2.75, 3.05) is 19.0 Å². The lowest BCUT2D eigenvalue weighted by molar-refractivity contribution is -0.144. The third-order valence-electron chi connectivity index (χ3n) is 1.08. The molecule has 58 valence electrons. The molecule has 1 atom stereocenters. The molecule has 3 nitrogen and oxygen atoms in total. The predicted octanol–water partition coefficient (Wildman–Crippen LogP) is 0.639. The zero-order valence-electron chi connectivity index (χ0n) is 5.83. The summed E-state index contributed by atoms with van der Waals surface area (Å²) < 4.78 is 9.98. The molecule has 0 amide bonds. The molecule has 0 spiro atoms. The van der Waals surface area contributed by atoms with E-state index in [0.717, 1.165) is 12.4 Å². The summed E-state index contributed by atoms with van der Waals surface area (Å²) in [6, 6.07) is 0. The van der Waals surface area contributed by atoms with E-state index in [2.05, 4.69) is 0 Å². The summed E-state index contributed by atoms with van der Waals surface area (Å²) in [6.07, 6.45) is 0. The van der Waals surface area contributed by atoms with Crippen molar-refractivity contribution in [2.24, 2.45) is 0 Å². The molecule has 0 aromatic carbocycles. The Morgan fingerprint density at radius 3 is 3.10 bits per heavy atom. The topological polar surface area (TPSA) is 35.5 Å². The molecule has 10 heavy (non-hydrogen) atoms. The van der Waals surface area contributed by atoms with Gasteiger partial charge in [-0.2, -0.15) is 0 Å². The maximum atomic E-state index is 10.4. The van der Waals surface area contributed by atoms with Crippen LogP contribution < -0.4 is 0 Å². The van der Waals surface area contributed by atoms with Crippen molar-refractivity contribution in [2.45, 2.75) is 12.4 Å². The minimum atomic E-state index is -0.233. The van der Waals surface area contributed by atoms with E-state index in [4.69, 9.17) is 9.47 Å². The van der Waals surface area contributed by atoms with Crippen LogP contribution in [-0.2, 0) is 14.3 Å². The van der Waals surface area contributed by atoms with E-state index in [0.29, 0.717) is 6.61 Å². The van der Waals surface area contributed by atoms with E-state index >= 15 is 0 Å². The molecule has 4 heteroatoms. The second-order valence-corrected chi connectivity index (χ2v) is 3.25. The number of hydrogen-bond donors (Lipinski definition) is 0. The zero-order chi connectivity index (χ0) is 7.40. The van der Waals surface area contributed by atoms with Crippen LogP contribution in [0.5, 0.6) is 0 Å². The fraction of sp³-hybridized carbons (Fsp3) is 0.833. The first-order chi connectivity index (χ1) is 4.79. The molecule has 1 aliphatic rings. The molecule has 0 aromatic heterocycles. The van der Waals surface area contributed by atoms with E-state index in [1.807, 2.05) is 0 Å². The molecule has 0 aromatic rings. The van der Waals surface area contributed by atoms with Gasteiger partial charge >= 0.3 is 5.97 Å². The van der Waals surface area contributed by atoms with Gasteiger partial charge in [-0.05, 0) is 0 Å². The first-order valence-electron chi connectivity index (χ1n) is 3.15. The van der Waals surface area contributed by atoms with Gasteiger partial charge in [-0.15, -0.1) is 11.8 Å². The summed E-state index contributed by atoms with van der Waals surface area (Å²) in [7, 11) is 0. The molecule has 1 saturated heterocycles. The summed E-state index contributed by atoms with van der Waals surface area (Å²) in [5, 5.41) is 0. The first kappa shape index (κ1) is 7.88. The van der Waals surface area contributed by atoms with Gasteiger partial charge in [0.2, 0.25) is 0 Å². The highest BCUT2D eigenvalue weighted by Crippen LogP contribution is 2.16. The van der Waals surface area contributed by atoms with Crippen LogP contribution in [-0.4, -0.2) is 30.4 Å². The lowest BCUT2D eigenvalue weighted by atomic mass is 10.7. The van der Waals surface area contributed by atoms with Crippen molar-refractivity contribution < 1.29 is 14.3 Å². The molecular formula is C6H10O3S. The van der Waals surface area contributed by atoms with Gasteiger partial charge in [0.1, 0.15) is 0 Å². The van der Waals surface area contributed by atoms with Crippen LogP contribution in [0.25, 0.3) is 0 Å². The van der Waals surface area contributed by atoms with Crippen LogP contribution in [0.1, 0.15) is 6.92 Å². The lowest BCUT2D eigenvalue weighted by Gasteiger charge is -2.20. The Balaban J connectivity index is 2.19. The van der Waals surface area contributed by atoms with Crippen LogP contribution in [0.4, 0.5) is 0 Å². The number of ether oxygens (including phenoxy) is 2. The summed E-state index contributed by atoms with van der Waals surface area (Å²) in [4.78, 5) is 10.4. The number of esters is 1. The number of thioether (sulfide) groups is 1. The zero-order valence-corrected chi connectivity index (χ0v) is 6.65. The average Bonchev–Trinajstić information content (AvgIpc) is 1.88.